The van der Waals surface area contributed by atoms with E-state index in [-0.39, 0.29) is 0 Å². The number of rotatable bonds is 3. The second-order valence-electron chi connectivity index (χ2n) is 5.44. The van der Waals surface area contributed by atoms with Gasteiger partial charge >= 0.3 is 5.97 Å². The van der Waals surface area contributed by atoms with Gasteiger partial charge in [-0.15, -0.1) is 0 Å². The maximum absolute atomic E-state index is 11.3. The van der Waals surface area contributed by atoms with Gasteiger partial charge in [0.05, 0.1) is 13.2 Å². The van der Waals surface area contributed by atoms with Crippen LogP contribution in [0.3, 0.4) is 0 Å². The number of aryl methyl sites for hydroxylation is 1. The predicted molar refractivity (Wildman–Crippen MR) is 73.3 cm³/mol. The summed E-state index contributed by atoms with van der Waals surface area (Å²) >= 11 is 0. The average molecular weight is 256 g/mol. The lowest BCUT2D eigenvalue weighted by Gasteiger charge is -2.37. The molecule has 19 heavy (non-hydrogen) atoms. The number of benzene rings is 2. The zero-order valence-electron chi connectivity index (χ0n) is 10.8. The average Bonchev–Trinajstić information content (AvgIpc) is 2.33. The zero-order valence-corrected chi connectivity index (χ0v) is 10.8. The molecule has 0 aliphatic carbocycles. The number of aliphatic carboxylic acids is 1. The van der Waals surface area contributed by atoms with Crippen molar-refractivity contribution in [2.45, 2.75) is 13.3 Å². The lowest BCUT2D eigenvalue weighted by Crippen LogP contribution is -2.50. The molecular formula is C16H16O3. The molecule has 1 aliphatic rings. The highest BCUT2D eigenvalue weighted by atomic mass is 16.5. The van der Waals surface area contributed by atoms with Gasteiger partial charge in [0.25, 0.3) is 0 Å². The van der Waals surface area contributed by atoms with Crippen LogP contribution in [0.1, 0.15) is 11.1 Å². The molecule has 1 N–H and O–H groups in total. The molecule has 1 aliphatic heterocycles. The van der Waals surface area contributed by atoms with E-state index < -0.39 is 11.4 Å². The fourth-order valence-corrected chi connectivity index (χ4v) is 2.56. The van der Waals surface area contributed by atoms with Crippen LogP contribution < -0.4 is 0 Å². The SMILES string of the molecule is Cc1ccc2cc(CC3(C(=O)O)COC3)ccc2c1. The third kappa shape index (κ3) is 2.10. The summed E-state index contributed by atoms with van der Waals surface area (Å²) in [5, 5.41) is 11.7. The molecule has 0 saturated carbocycles. The van der Waals surface area contributed by atoms with E-state index in [4.69, 9.17) is 4.74 Å². The van der Waals surface area contributed by atoms with Crippen molar-refractivity contribution in [1.82, 2.24) is 0 Å². The first-order valence-electron chi connectivity index (χ1n) is 6.40. The van der Waals surface area contributed by atoms with Crippen molar-refractivity contribution in [3.8, 4) is 0 Å². The van der Waals surface area contributed by atoms with Gasteiger partial charge in [0.2, 0.25) is 0 Å². The molecule has 0 aromatic heterocycles. The summed E-state index contributed by atoms with van der Waals surface area (Å²) in [6, 6.07) is 12.5. The number of carbonyl (C=O) groups is 1. The largest absolute Gasteiger partial charge is 0.481 e. The molecule has 0 bridgehead atoms. The molecule has 3 nitrogen and oxygen atoms in total. The summed E-state index contributed by atoms with van der Waals surface area (Å²) < 4.78 is 5.09. The Bertz CT molecular complexity index is 641. The predicted octanol–water partition coefficient (Wildman–Crippen LogP) is 2.79. The van der Waals surface area contributed by atoms with Crippen LogP contribution in [0.5, 0.6) is 0 Å². The molecule has 1 heterocycles. The smallest absolute Gasteiger partial charge is 0.314 e. The van der Waals surface area contributed by atoms with E-state index in [0.717, 1.165) is 10.9 Å². The Morgan fingerprint density at radius 1 is 1.21 bits per heavy atom. The zero-order chi connectivity index (χ0) is 13.5. The number of ether oxygens (including phenoxy) is 1. The highest BCUT2D eigenvalue weighted by Gasteiger charge is 2.46. The van der Waals surface area contributed by atoms with Crippen molar-refractivity contribution >= 4 is 16.7 Å². The summed E-state index contributed by atoms with van der Waals surface area (Å²) in [4.78, 5) is 11.3. The molecule has 0 amide bonds. The second-order valence-corrected chi connectivity index (χ2v) is 5.44. The molecule has 1 saturated heterocycles. The van der Waals surface area contributed by atoms with Crippen LogP contribution in [0.4, 0.5) is 0 Å². The van der Waals surface area contributed by atoms with Crippen molar-refractivity contribution in [3.05, 3.63) is 47.5 Å². The highest BCUT2D eigenvalue weighted by molar-refractivity contribution is 5.84. The van der Waals surface area contributed by atoms with Crippen molar-refractivity contribution in [2.75, 3.05) is 13.2 Å². The van der Waals surface area contributed by atoms with E-state index in [1.54, 1.807) is 0 Å². The van der Waals surface area contributed by atoms with Crippen LogP contribution in [0.25, 0.3) is 10.8 Å². The summed E-state index contributed by atoms with van der Waals surface area (Å²) in [5.74, 6) is -0.761. The molecule has 3 rings (SSSR count). The number of fused-ring (bicyclic) bond motifs is 1. The minimum atomic E-state index is -0.761. The van der Waals surface area contributed by atoms with Crippen molar-refractivity contribution < 1.29 is 14.6 Å². The summed E-state index contributed by atoms with van der Waals surface area (Å²) in [7, 11) is 0. The molecule has 0 atom stereocenters. The van der Waals surface area contributed by atoms with Crippen LogP contribution in [-0.2, 0) is 16.0 Å². The fourth-order valence-electron chi connectivity index (χ4n) is 2.56. The van der Waals surface area contributed by atoms with E-state index in [1.807, 2.05) is 6.07 Å². The molecule has 0 radical (unpaired) electrons. The van der Waals surface area contributed by atoms with Gasteiger partial charge in [0, 0.05) is 0 Å². The van der Waals surface area contributed by atoms with Crippen LogP contribution in [-0.4, -0.2) is 24.3 Å². The molecule has 0 unspecified atom stereocenters. The van der Waals surface area contributed by atoms with Gasteiger partial charge in [-0.2, -0.15) is 0 Å². The molecule has 1 fully saturated rings. The Kier molecular flexibility index (Phi) is 2.79. The van der Waals surface area contributed by atoms with Gasteiger partial charge in [0.1, 0.15) is 5.41 Å². The maximum Gasteiger partial charge on any atom is 0.314 e. The van der Waals surface area contributed by atoms with Crippen molar-refractivity contribution in [1.29, 1.82) is 0 Å². The lowest BCUT2D eigenvalue weighted by atomic mass is 9.79. The van der Waals surface area contributed by atoms with Crippen LogP contribution in [0.15, 0.2) is 36.4 Å². The Morgan fingerprint density at radius 2 is 1.89 bits per heavy atom. The molecule has 98 valence electrons. The molecule has 2 aromatic rings. The topological polar surface area (TPSA) is 46.5 Å². The summed E-state index contributed by atoms with van der Waals surface area (Å²) in [5.41, 5.74) is 1.56. The maximum atomic E-state index is 11.3. The van der Waals surface area contributed by atoms with Crippen LogP contribution >= 0.6 is 0 Å². The van der Waals surface area contributed by atoms with E-state index in [2.05, 4.69) is 37.3 Å². The van der Waals surface area contributed by atoms with E-state index in [0.29, 0.717) is 19.6 Å². The van der Waals surface area contributed by atoms with Gasteiger partial charge in [-0.05, 0) is 29.7 Å². The number of carboxylic acid groups (broad SMARTS) is 1. The number of hydrogen-bond donors (Lipinski definition) is 1. The standard InChI is InChI=1S/C16H16O3/c1-11-2-4-14-7-12(3-5-13(14)6-11)8-16(15(17)18)9-19-10-16/h2-7H,8-10H2,1H3,(H,17,18). The fraction of sp³-hybridized carbons (Fsp3) is 0.312. The summed E-state index contributed by atoms with van der Waals surface area (Å²) in [6.07, 6.45) is 0.534. The third-order valence-electron chi connectivity index (χ3n) is 3.81. The minimum Gasteiger partial charge on any atom is -0.481 e. The van der Waals surface area contributed by atoms with Gasteiger partial charge < -0.3 is 9.84 Å². The van der Waals surface area contributed by atoms with Crippen molar-refractivity contribution in [3.63, 3.8) is 0 Å². The first-order valence-corrected chi connectivity index (χ1v) is 6.40. The van der Waals surface area contributed by atoms with Crippen LogP contribution in [0, 0.1) is 12.3 Å². The van der Waals surface area contributed by atoms with Gasteiger partial charge in [-0.3, -0.25) is 4.79 Å². The van der Waals surface area contributed by atoms with E-state index in [9.17, 15) is 9.90 Å². The first-order chi connectivity index (χ1) is 9.09. The van der Waals surface area contributed by atoms with Gasteiger partial charge in [0.15, 0.2) is 0 Å². The normalized spacial score (nSPS) is 17.1. The first kappa shape index (κ1) is 12.2. The number of carboxylic acids is 1. The number of hydrogen-bond acceptors (Lipinski definition) is 2. The molecule has 3 heteroatoms. The van der Waals surface area contributed by atoms with Crippen LogP contribution in [0.2, 0.25) is 0 Å². The Balaban J connectivity index is 1.93. The van der Waals surface area contributed by atoms with E-state index in [1.165, 1.54) is 10.9 Å². The monoisotopic (exact) mass is 256 g/mol. The minimum absolute atomic E-state index is 0.314. The molecule has 2 aromatic carbocycles. The second kappa shape index (κ2) is 4.35. The van der Waals surface area contributed by atoms with Crippen molar-refractivity contribution in [2.24, 2.45) is 5.41 Å². The van der Waals surface area contributed by atoms with Gasteiger partial charge in [-0.25, -0.2) is 0 Å². The molecular weight excluding hydrogens is 240 g/mol. The Hall–Kier alpha value is -1.87. The summed E-state index contributed by atoms with van der Waals surface area (Å²) in [6.45, 7) is 2.70. The van der Waals surface area contributed by atoms with Gasteiger partial charge in [-0.1, -0.05) is 42.0 Å². The highest BCUT2D eigenvalue weighted by Crippen LogP contribution is 2.33. The lowest BCUT2D eigenvalue weighted by molar-refractivity contribution is -0.179. The third-order valence-corrected chi connectivity index (χ3v) is 3.81. The quantitative estimate of drug-likeness (QED) is 0.918. The molecule has 0 spiro atoms. The Morgan fingerprint density at radius 3 is 2.53 bits per heavy atom. The Labute approximate surface area is 111 Å². The van der Waals surface area contributed by atoms with E-state index >= 15 is 0 Å².